The lowest BCUT2D eigenvalue weighted by molar-refractivity contribution is -0.208. The van der Waals surface area contributed by atoms with E-state index in [4.69, 9.17) is 0 Å². The van der Waals surface area contributed by atoms with E-state index in [1.54, 1.807) is 24.3 Å². The summed E-state index contributed by atoms with van der Waals surface area (Å²) in [6.07, 6.45) is -0.576. The summed E-state index contributed by atoms with van der Waals surface area (Å²) in [7, 11) is 0. The predicted octanol–water partition coefficient (Wildman–Crippen LogP) is 4.10. The fraction of sp³-hybridized carbons (Fsp3) is 0.222. The zero-order valence-electron chi connectivity index (χ0n) is 12.9. The van der Waals surface area contributed by atoms with Gasteiger partial charge in [-0.25, -0.2) is 13.8 Å². The molecule has 7 heteroatoms. The number of aliphatic hydroxyl groups is 1. The molecule has 0 amide bonds. The average molecular weight is 361 g/mol. The Morgan fingerprint density at radius 2 is 1.92 bits per heavy atom. The topological polar surface area (TPSA) is 70.4 Å². The van der Waals surface area contributed by atoms with Crippen LogP contribution in [0.1, 0.15) is 28.1 Å². The van der Waals surface area contributed by atoms with Gasteiger partial charge >= 0.3 is 0 Å². The van der Waals surface area contributed by atoms with Crippen molar-refractivity contribution in [2.24, 2.45) is 0 Å². The molecule has 0 unspecified atom stereocenters. The smallest absolute Gasteiger partial charge is 0.254 e. The van der Waals surface area contributed by atoms with E-state index in [0.29, 0.717) is 27.3 Å². The molecule has 1 aromatic carbocycles. The number of rotatable bonds is 3. The first-order valence-corrected chi connectivity index (χ1v) is 8.41. The highest BCUT2D eigenvalue weighted by molar-refractivity contribution is 7.18. The summed E-state index contributed by atoms with van der Waals surface area (Å²) in [5.74, 6) is -2.92. The maximum Gasteiger partial charge on any atom is 0.254 e. The molecule has 128 valence electrons. The predicted molar refractivity (Wildman–Crippen MR) is 90.2 cm³/mol. The number of thiophene rings is 1. The Morgan fingerprint density at radius 1 is 1.16 bits per heavy atom. The van der Waals surface area contributed by atoms with E-state index in [1.807, 2.05) is 0 Å². The number of benzene rings is 1. The third-order valence-corrected chi connectivity index (χ3v) is 5.63. The van der Waals surface area contributed by atoms with Crippen LogP contribution in [0.25, 0.3) is 21.5 Å². The van der Waals surface area contributed by atoms with Crippen LogP contribution in [-0.4, -0.2) is 27.4 Å². The van der Waals surface area contributed by atoms with E-state index in [0.717, 1.165) is 5.39 Å². The molecule has 0 radical (unpaired) electrons. The highest BCUT2D eigenvalue weighted by atomic mass is 32.1. The first-order valence-electron chi connectivity index (χ1n) is 7.60. The van der Waals surface area contributed by atoms with Crippen molar-refractivity contribution in [3.05, 3.63) is 46.8 Å². The molecule has 4 nitrogen and oxygen atoms in total. The molecule has 1 saturated carbocycles. The minimum absolute atomic E-state index is 0.105. The zero-order chi connectivity index (χ0) is 17.8. The first-order chi connectivity index (χ1) is 11.8. The molecular weight excluding hydrogens is 348 g/mol. The molecule has 1 aliphatic carbocycles. The van der Waals surface area contributed by atoms with E-state index in [9.17, 15) is 23.8 Å². The quantitative estimate of drug-likeness (QED) is 0.689. The number of hydrogen-bond donors (Lipinski definition) is 2. The molecule has 0 atom stereocenters. The second-order valence-electron chi connectivity index (χ2n) is 6.33. The number of pyridine rings is 1. The lowest BCUT2D eigenvalue weighted by Crippen LogP contribution is -2.48. The highest BCUT2D eigenvalue weighted by Crippen LogP contribution is 2.53. The number of aromatic nitrogens is 1. The van der Waals surface area contributed by atoms with E-state index in [-0.39, 0.29) is 11.3 Å². The Balaban J connectivity index is 1.73. The molecule has 2 heterocycles. The lowest BCUT2D eigenvalue weighted by Gasteiger charge is -2.42. The Hall–Kier alpha value is -2.38. The maximum absolute atomic E-state index is 13.1. The molecule has 2 aromatic heterocycles. The van der Waals surface area contributed by atoms with Crippen LogP contribution in [-0.2, 0) is 5.60 Å². The number of aldehydes is 1. The van der Waals surface area contributed by atoms with Crippen LogP contribution in [0.4, 0.5) is 8.78 Å². The Labute approximate surface area is 145 Å². The fourth-order valence-corrected chi connectivity index (χ4v) is 4.21. The number of aromatic hydroxyl groups is 1. The van der Waals surface area contributed by atoms with Gasteiger partial charge in [-0.15, -0.1) is 11.3 Å². The van der Waals surface area contributed by atoms with Crippen molar-refractivity contribution >= 4 is 27.8 Å². The van der Waals surface area contributed by atoms with Crippen LogP contribution in [0.15, 0.2) is 36.4 Å². The standard InChI is InChI=1S/C18H13F2NO3S/c19-18(20)8-17(24,9-18)15-6-11-1-3-13(21-16(11)25-15)10-2-4-14(23)12(5-10)7-22/h1-7,23-24H,8-9H2. The van der Waals surface area contributed by atoms with Crippen LogP contribution in [0.2, 0.25) is 0 Å². The van der Waals surface area contributed by atoms with Crippen molar-refractivity contribution < 1.29 is 23.8 Å². The number of alkyl halides is 2. The molecule has 0 spiro atoms. The van der Waals surface area contributed by atoms with Gasteiger partial charge in [-0.3, -0.25) is 4.79 Å². The van der Waals surface area contributed by atoms with E-state index >= 15 is 0 Å². The van der Waals surface area contributed by atoms with Gasteiger partial charge in [0.25, 0.3) is 5.92 Å². The van der Waals surface area contributed by atoms with E-state index in [2.05, 4.69) is 4.98 Å². The van der Waals surface area contributed by atoms with Gasteiger partial charge in [0.1, 0.15) is 16.2 Å². The average Bonchev–Trinajstić information content (AvgIpc) is 2.97. The van der Waals surface area contributed by atoms with Gasteiger partial charge in [0.15, 0.2) is 6.29 Å². The Morgan fingerprint density at radius 3 is 2.60 bits per heavy atom. The molecule has 1 fully saturated rings. The highest BCUT2D eigenvalue weighted by Gasteiger charge is 2.57. The van der Waals surface area contributed by atoms with Crippen molar-refractivity contribution in [1.29, 1.82) is 0 Å². The third kappa shape index (κ3) is 2.69. The minimum atomic E-state index is -2.82. The molecule has 2 N–H and O–H groups in total. The molecular formula is C18H13F2NO3S. The molecule has 25 heavy (non-hydrogen) atoms. The number of hydrogen-bond acceptors (Lipinski definition) is 5. The van der Waals surface area contributed by atoms with E-state index in [1.165, 1.54) is 23.5 Å². The summed E-state index contributed by atoms with van der Waals surface area (Å²) in [5, 5.41) is 20.7. The van der Waals surface area contributed by atoms with Gasteiger partial charge in [-0.2, -0.15) is 0 Å². The van der Waals surface area contributed by atoms with E-state index < -0.39 is 24.4 Å². The van der Waals surface area contributed by atoms with Crippen molar-refractivity contribution in [2.45, 2.75) is 24.4 Å². The first kappa shape index (κ1) is 16.1. The number of carbonyl (C=O) groups excluding carboxylic acids is 1. The number of phenolic OH excluding ortho intramolecular Hbond substituents is 1. The van der Waals surface area contributed by atoms with Crippen LogP contribution in [0, 0.1) is 0 Å². The SMILES string of the molecule is O=Cc1cc(-c2ccc3cc(C4(O)CC(F)(F)C4)sc3n2)ccc1O. The molecule has 4 rings (SSSR count). The Bertz CT molecular complexity index is 991. The number of phenols is 1. The van der Waals surface area contributed by atoms with Crippen molar-refractivity contribution in [3.63, 3.8) is 0 Å². The van der Waals surface area contributed by atoms with Gasteiger partial charge in [-0.05, 0) is 36.4 Å². The van der Waals surface area contributed by atoms with Crippen molar-refractivity contribution in [3.8, 4) is 17.0 Å². The van der Waals surface area contributed by atoms with Crippen LogP contribution in [0.5, 0.6) is 5.75 Å². The summed E-state index contributed by atoms with van der Waals surface area (Å²) in [4.78, 5) is 16.6. The zero-order valence-corrected chi connectivity index (χ0v) is 13.7. The van der Waals surface area contributed by atoms with Crippen LogP contribution < -0.4 is 0 Å². The molecule has 3 aromatic rings. The summed E-state index contributed by atoms with van der Waals surface area (Å²) in [6.45, 7) is 0. The largest absolute Gasteiger partial charge is 0.507 e. The summed E-state index contributed by atoms with van der Waals surface area (Å²) >= 11 is 1.19. The van der Waals surface area contributed by atoms with Gasteiger partial charge in [-0.1, -0.05) is 0 Å². The normalized spacial score (nSPS) is 18.0. The van der Waals surface area contributed by atoms with Gasteiger partial charge in [0, 0.05) is 28.7 Å². The van der Waals surface area contributed by atoms with Gasteiger partial charge < -0.3 is 10.2 Å². The van der Waals surface area contributed by atoms with Gasteiger partial charge in [0.05, 0.1) is 11.3 Å². The maximum atomic E-state index is 13.1. The second-order valence-corrected chi connectivity index (χ2v) is 7.36. The van der Waals surface area contributed by atoms with Crippen molar-refractivity contribution in [2.75, 3.05) is 0 Å². The summed E-state index contributed by atoms with van der Waals surface area (Å²) < 4.78 is 26.3. The van der Waals surface area contributed by atoms with Crippen LogP contribution >= 0.6 is 11.3 Å². The number of carbonyl (C=O) groups is 1. The fourth-order valence-electron chi connectivity index (χ4n) is 3.09. The number of nitrogens with zero attached hydrogens (tertiary/aromatic N) is 1. The molecule has 0 bridgehead atoms. The van der Waals surface area contributed by atoms with Gasteiger partial charge in [0.2, 0.25) is 0 Å². The molecule has 1 aliphatic rings. The summed E-state index contributed by atoms with van der Waals surface area (Å²) in [5.41, 5.74) is -0.0732. The monoisotopic (exact) mass is 361 g/mol. The summed E-state index contributed by atoms with van der Waals surface area (Å²) in [6, 6.07) is 9.84. The number of fused-ring (bicyclic) bond motifs is 1. The lowest BCUT2D eigenvalue weighted by atomic mass is 9.75. The Kier molecular flexibility index (Phi) is 3.42. The minimum Gasteiger partial charge on any atom is -0.507 e. The molecule has 0 saturated heterocycles. The number of halogens is 2. The second kappa shape index (κ2) is 5.31. The van der Waals surface area contributed by atoms with Crippen molar-refractivity contribution in [1.82, 2.24) is 4.98 Å². The van der Waals surface area contributed by atoms with Crippen LogP contribution in [0.3, 0.4) is 0 Å². The molecule has 0 aliphatic heterocycles. The third-order valence-electron chi connectivity index (χ3n) is 4.39.